The summed E-state index contributed by atoms with van der Waals surface area (Å²) in [4.78, 5) is 12.1. The van der Waals surface area contributed by atoms with Gasteiger partial charge in [-0.3, -0.25) is 4.79 Å². The Balaban J connectivity index is 2.17. The first-order valence-electron chi connectivity index (χ1n) is 6.82. The Labute approximate surface area is 139 Å². The molecule has 0 fully saturated rings. The molecule has 0 spiro atoms. The molecule has 0 aliphatic heterocycles. The van der Waals surface area contributed by atoms with Gasteiger partial charge in [0.2, 0.25) is 0 Å². The summed E-state index contributed by atoms with van der Waals surface area (Å²) >= 11 is 0. The van der Waals surface area contributed by atoms with Gasteiger partial charge < -0.3 is 14.8 Å². The fraction of sp³-hybridized carbons (Fsp3) is 0.188. The van der Waals surface area contributed by atoms with Gasteiger partial charge in [-0.05, 0) is 36.4 Å². The summed E-state index contributed by atoms with van der Waals surface area (Å²) in [5.41, 5.74) is -0.803. The first-order chi connectivity index (χ1) is 11.7. The molecule has 0 aromatic heterocycles. The zero-order valence-corrected chi connectivity index (χ0v) is 12.7. The van der Waals surface area contributed by atoms with Crippen LogP contribution in [0, 0.1) is 0 Å². The van der Waals surface area contributed by atoms with E-state index in [2.05, 4.69) is 10.1 Å². The largest absolute Gasteiger partial charge is 0.493 e. The fourth-order valence-corrected chi connectivity index (χ4v) is 1.96. The van der Waals surface area contributed by atoms with Gasteiger partial charge in [0, 0.05) is 17.3 Å². The van der Waals surface area contributed by atoms with Gasteiger partial charge in [0.25, 0.3) is 5.91 Å². The maximum atomic E-state index is 12.5. The smallest absolute Gasteiger partial charge is 0.416 e. The van der Waals surface area contributed by atoms with E-state index in [0.717, 1.165) is 30.3 Å². The summed E-state index contributed by atoms with van der Waals surface area (Å²) in [6.07, 6.45) is -4.51. The molecule has 0 atom stereocenters. The molecule has 2 aromatic carbocycles. The van der Waals surface area contributed by atoms with E-state index < -0.39 is 24.3 Å². The predicted octanol–water partition coefficient (Wildman–Crippen LogP) is 4.57. The summed E-state index contributed by atoms with van der Waals surface area (Å²) in [7, 11) is 1.26. The van der Waals surface area contributed by atoms with E-state index in [1.54, 1.807) is 0 Å². The Morgan fingerprint density at radius 1 is 1.04 bits per heavy atom. The molecule has 4 nitrogen and oxygen atoms in total. The van der Waals surface area contributed by atoms with Gasteiger partial charge in [0.15, 0.2) is 11.5 Å². The predicted molar refractivity (Wildman–Crippen MR) is 79.0 cm³/mol. The number of carbonyl (C=O) groups is 1. The van der Waals surface area contributed by atoms with Gasteiger partial charge >= 0.3 is 12.8 Å². The molecule has 1 N–H and O–H groups in total. The Hall–Kier alpha value is -2.84. The number of benzene rings is 2. The summed E-state index contributed by atoms with van der Waals surface area (Å²) < 4.78 is 71.4. The van der Waals surface area contributed by atoms with Crippen LogP contribution in [0.15, 0.2) is 42.5 Å². The maximum Gasteiger partial charge on any atom is 0.416 e. The average Bonchev–Trinajstić information content (AvgIpc) is 2.54. The maximum absolute atomic E-state index is 12.5. The van der Waals surface area contributed by atoms with E-state index in [9.17, 15) is 26.7 Å². The van der Waals surface area contributed by atoms with Crippen molar-refractivity contribution in [3.63, 3.8) is 0 Å². The highest BCUT2D eigenvalue weighted by molar-refractivity contribution is 6.04. The zero-order chi connectivity index (χ0) is 18.6. The van der Waals surface area contributed by atoms with Crippen LogP contribution in [0.2, 0.25) is 0 Å². The molecule has 0 heterocycles. The number of hydrogen-bond acceptors (Lipinski definition) is 3. The molecule has 9 heteroatoms. The molecule has 0 bridgehead atoms. The van der Waals surface area contributed by atoms with Crippen LogP contribution in [-0.2, 0) is 6.18 Å². The summed E-state index contributed by atoms with van der Waals surface area (Å²) in [5, 5.41) is 2.38. The SMILES string of the molecule is COc1ccc(NC(=O)c2ccc(C(F)(F)F)cc2)cc1OC(F)F. The third-order valence-electron chi connectivity index (χ3n) is 3.11. The lowest BCUT2D eigenvalue weighted by Crippen LogP contribution is -2.13. The number of hydrogen-bond donors (Lipinski definition) is 1. The van der Waals surface area contributed by atoms with Crippen LogP contribution < -0.4 is 14.8 Å². The molecule has 0 radical (unpaired) electrons. The third kappa shape index (κ3) is 4.82. The number of halogens is 5. The molecule has 0 unspecified atom stereocenters. The van der Waals surface area contributed by atoms with Crippen LogP contribution in [0.1, 0.15) is 15.9 Å². The van der Waals surface area contributed by atoms with E-state index in [-0.39, 0.29) is 22.7 Å². The number of nitrogens with one attached hydrogen (secondary N) is 1. The Morgan fingerprint density at radius 3 is 2.20 bits per heavy atom. The third-order valence-corrected chi connectivity index (χ3v) is 3.11. The summed E-state index contributed by atoms with van der Waals surface area (Å²) in [6.45, 7) is -3.09. The highest BCUT2D eigenvalue weighted by atomic mass is 19.4. The van der Waals surface area contributed by atoms with Crippen molar-refractivity contribution < 1.29 is 36.2 Å². The lowest BCUT2D eigenvalue weighted by Gasteiger charge is -2.12. The quantitative estimate of drug-likeness (QED) is 0.794. The zero-order valence-electron chi connectivity index (χ0n) is 12.7. The van der Waals surface area contributed by atoms with Crippen molar-refractivity contribution in [1.29, 1.82) is 0 Å². The monoisotopic (exact) mass is 361 g/mol. The average molecular weight is 361 g/mol. The molecule has 0 aliphatic carbocycles. The van der Waals surface area contributed by atoms with Crippen molar-refractivity contribution in [2.24, 2.45) is 0 Å². The Bertz CT molecular complexity index is 744. The topological polar surface area (TPSA) is 47.6 Å². The Kier molecular flexibility index (Phi) is 5.45. The molecule has 2 aromatic rings. The number of anilines is 1. The molecule has 0 aliphatic rings. The minimum absolute atomic E-state index is 0.0276. The van der Waals surface area contributed by atoms with E-state index in [0.29, 0.717) is 0 Å². The van der Waals surface area contributed by atoms with E-state index in [1.807, 2.05) is 0 Å². The lowest BCUT2D eigenvalue weighted by molar-refractivity contribution is -0.137. The van der Waals surface area contributed by atoms with Crippen LogP contribution >= 0.6 is 0 Å². The van der Waals surface area contributed by atoms with Gasteiger partial charge in [-0.1, -0.05) is 0 Å². The molecular weight excluding hydrogens is 349 g/mol. The van der Waals surface area contributed by atoms with Crippen LogP contribution in [0.5, 0.6) is 11.5 Å². The van der Waals surface area contributed by atoms with E-state index in [4.69, 9.17) is 4.74 Å². The van der Waals surface area contributed by atoms with Gasteiger partial charge in [-0.15, -0.1) is 0 Å². The van der Waals surface area contributed by atoms with Gasteiger partial charge in [0.05, 0.1) is 12.7 Å². The lowest BCUT2D eigenvalue weighted by atomic mass is 10.1. The van der Waals surface area contributed by atoms with Crippen LogP contribution in [0.3, 0.4) is 0 Å². The number of ether oxygens (including phenoxy) is 2. The standard InChI is InChI=1S/C16H12F5NO3/c1-24-12-7-6-11(8-13(12)25-15(17)18)22-14(23)9-2-4-10(5-3-9)16(19,20)21/h2-8,15H,1H3,(H,22,23). The number of carbonyl (C=O) groups excluding carboxylic acids is 1. The first kappa shape index (κ1) is 18.5. The molecule has 0 saturated carbocycles. The van der Waals surface area contributed by atoms with Gasteiger partial charge in [-0.25, -0.2) is 0 Å². The molecule has 25 heavy (non-hydrogen) atoms. The molecule has 134 valence electrons. The van der Waals surface area contributed by atoms with Crippen molar-refractivity contribution in [3.8, 4) is 11.5 Å². The molecule has 0 saturated heterocycles. The summed E-state index contributed by atoms with van der Waals surface area (Å²) in [5.74, 6) is -0.961. The van der Waals surface area contributed by atoms with Crippen LogP contribution in [-0.4, -0.2) is 19.6 Å². The highest BCUT2D eigenvalue weighted by Gasteiger charge is 2.30. The van der Waals surface area contributed by atoms with Crippen LogP contribution in [0.4, 0.5) is 27.6 Å². The van der Waals surface area contributed by atoms with E-state index >= 15 is 0 Å². The van der Waals surface area contributed by atoms with Crippen molar-refractivity contribution in [1.82, 2.24) is 0 Å². The first-order valence-corrected chi connectivity index (χ1v) is 6.82. The number of rotatable bonds is 5. The number of methoxy groups -OCH3 is 1. The number of amides is 1. The minimum Gasteiger partial charge on any atom is -0.493 e. The molecule has 2 rings (SSSR count). The van der Waals surface area contributed by atoms with Crippen molar-refractivity contribution >= 4 is 11.6 Å². The van der Waals surface area contributed by atoms with Gasteiger partial charge in [0.1, 0.15) is 0 Å². The fourth-order valence-electron chi connectivity index (χ4n) is 1.96. The highest BCUT2D eigenvalue weighted by Crippen LogP contribution is 2.32. The van der Waals surface area contributed by atoms with Crippen molar-refractivity contribution in [2.75, 3.05) is 12.4 Å². The van der Waals surface area contributed by atoms with Crippen molar-refractivity contribution in [3.05, 3.63) is 53.6 Å². The second-order valence-corrected chi connectivity index (χ2v) is 4.77. The van der Waals surface area contributed by atoms with E-state index in [1.165, 1.54) is 19.2 Å². The molecule has 1 amide bonds. The number of alkyl halides is 5. The van der Waals surface area contributed by atoms with Gasteiger partial charge in [-0.2, -0.15) is 22.0 Å². The van der Waals surface area contributed by atoms with Crippen LogP contribution in [0.25, 0.3) is 0 Å². The summed E-state index contributed by atoms with van der Waals surface area (Å²) in [6, 6.07) is 7.37. The Morgan fingerprint density at radius 2 is 1.68 bits per heavy atom. The second-order valence-electron chi connectivity index (χ2n) is 4.77. The molecular formula is C16H12F5NO3. The van der Waals surface area contributed by atoms with Crippen molar-refractivity contribution in [2.45, 2.75) is 12.8 Å². The minimum atomic E-state index is -4.51. The normalized spacial score (nSPS) is 11.3. The second kappa shape index (κ2) is 7.37.